The molecule has 6 nitrogen and oxygen atoms in total. The summed E-state index contributed by atoms with van der Waals surface area (Å²) < 4.78 is 52.1. The first-order chi connectivity index (χ1) is 11.0. The van der Waals surface area contributed by atoms with Gasteiger partial charge < -0.3 is 0 Å². The highest BCUT2D eigenvalue weighted by Gasteiger charge is 2.19. The van der Waals surface area contributed by atoms with Crippen LogP contribution in [0.2, 0.25) is 10.0 Å². The molecule has 1 N–H and O–H groups in total. The molecular weight excluding hydrogens is 395 g/mol. The Morgan fingerprint density at radius 1 is 0.833 bits per heavy atom. The quantitative estimate of drug-likeness (QED) is 0.823. The fraction of sp³-hybridized carbons (Fsp3) is 0.143. The van der Waals surface area contributed by atoms with E-state index in [0.717, 1.165) is 4.31 Å². The Morgan fingerprint density at radius 2 is 1.33 bits per heavy atom. The number of hydrogen-bond donors (Lipinski definition) is 1. The van der Waals surface area contributed by atoms with Gasteiger partial charge in [-0.1, -0.05) is 23.2 Å². The topological polar surface area (TPSA) is 83.6 Å². The van der Waals surface area contributed by atoms with Crippen LogP contribution in [-0.4, -0.2) is 35.2 Å². The van der Waals surface area contributed by atoms with Crippen LogP contribution in [0.15, 0.2) is 52.3 Å². The van der Waals surface area contributed by atoms with Gasteiger partial charge in [0.1, 0.15) is 0 Å². The number of benzene rings is 2. The van der Waals surface area contributed by atoms with Gasteiger partial charge in [-0.2, -0.15) is 0 Å². The van der Waals surface area contributed by atoms with Crippen molar-refractivity contribution in [3.8, 4) is 0 Å². The minimum absolute atomic E-state index is 0.0567. The van der Waals surface area contributed by atoms with Gasteiger partial charge in [0.2, 0.25) is 10.0 Å². The van der Waals surface area contributed by atoms with Gasteiger partial charge in [0, 0.05) is 29.8 Å². The molecule has 0 saturated heterocycles. The maximum atomic E-state index is 12.3. The van der Waals surface area contributed by atoms with Gasteiger partial charge in [0.25, 0.3) is 10.0 Å². The predicted molar refractivity (Wildman–Crippen MR) is 94.6 cm³/mol. The van der Waals surface area contributed by atoms with E-state index in [2.05, 4.69) is 4.72 Å². The molecule has 0 unspecified atom stereocenters. The number of nitrogens with one attached hydrogen (secondary N) is 1. The number of rotatable bonds is 5. The summed E-state index contributed by atoms with van der Waals surface area (Å²) in [7, 11) is -4.66. The second kappa shape index (κ2) is 6.89. The number of halogens is 2. The molecule has 0 fully saturated rings. The summed E-state index contributed by atoms with van der Waals surface area (Å²) in [5.74, 6) is 0. The van der Waals surface area contributed by atoms with E-state index in [4.69, 9.17) is 23.2 Å². The van der Waals surface area contributed by atoms with Gasteiger partial charge in [-0.3, -0.25) is 4.72 Å². The third-order valence-electron chi connectivity index (χ3n) is 3.03. The Hall–Kier alpha value is -1.32. The Morgan fingerprint density at radius 3 is 1.79 bits per heavy atom. The van der Waals surface area contributed by atoms with Crippen molar-refractivity contribution in [3.63, 3.8) is 0 Å². The minimum Gasteiger partial charge on any atom is -0.280 e. The summed E-state index contributed by atoms with van der Waals surface area (Å²) in [6.45, 7) is 0. The van der Waals surface area contributed by atoms with E-state index in [1.807, 2.05) is 0 Å². The first-order valence-electron chi connectivity index (χ1n) is 6.54. The molecule has 0 heterocycles. The van der Waals surface area contributed by atoms with Gasteiger partial charge in [0.05, 0.1) is 9.79 Å². The van der Waals surface area contributed by atoms with Crippen molar-refractivity contribution < 1.29 is 16.8 Å². The average molecular weight is 409 g/mol. The first-order valence-corrected chi connectivity index (χ1v) is 10.2. The summed E-state index contributed by atoms with van der Waals surface area (Å²) in [5, 5.41) is 0.380. The molecule has 0 amide bonds. The number of hydrogen-bond acceptors (Lipinski definition) is 4. The van der Waals surface area contributed by atoms with Crippen molar-refractivity contribution in [2.24, 2.45) is 0 Å². The average Bonchev–Trinajstić information content (AvgIpc) is 2.46. The van der Waals surface area contributed by atoms with E-state index in [-0.39, 0.29) is 25.5 Å². The Labute approximate surface area is 151 Å². The van der Waals surface area contributed by atoms with Gasteiger partial charge in [0.15, 0.2) is 0 Å². The molecular formula is C14H14Cl2N2O4S2. The molecule has 0 aliphatic carbocycles. The van der Waals surface area contributed by atoms with E-state index >= 15 is 0 Å². The highest BCUT2D eigenvalue weighted by molar-refractivity contribution is 7.92. The van der Waals surface area contributed by atoms with Crippen LogP contribution in [0.4, 0.5) is 5.69 Å². The monoisotopic (exact) mass is 408 g/mol. The minimum atomic E-state index is -3.90. The summed E-state index contributed by atoms with van der Waals surface area (Å²) in [6.07, 6.45) is 0. The molecule has 0 aromatic heterocycles. The summed E-state index contributed by atoms with van der Waals surface area (Å²) in [6, 6.07) is 9.31. The largest absolute Gasteiger partial charge is 0.280 e. The van der Waals surface area contributed by atoms with Crippen LogP contribution in [-0.2, 0) is 20.0 Å². The lowest BCUT2D eigenvalue weighted by Crippen LogP contribution is -2.22. The van der Waals surface area contributed by atoms with Gasteiger partial charge in [-0.05, 0) is 42.5 Å². The molecule has 130 valence electrons. The van der Waals surface area contributed by atoms with Crippen LogP contribution in [0, 0.1) is 0 Å². The van der Waals surface area contributed by atoms with Gasteiger partial charge in [-0.25, -0.2) is 21.1 Å². The molecule has 0 radical (unpaired) electrons. The molecule has 0 atom stereocenters. The molecule has 0 aliphatic heterocycles. The van der Waals surface area contributed by atoms with E-state index < -0.39 is 20.0 Å². The maximum Gasteiger partial charge on any atom is 0.261 e. The normalized spacial score (nSPS) is 12.4. The third-order valence-corrected chi connectivity index (χ3v) is 6.66. The third kappa shape index (κ3) is 4.20. The second-order valence-corrected chi connectivity index (χ2v) is 9.73. The fourth-order valence-electron chi connectivity index (χ4n) is 1.80. The number of sulfonamides is 2. The van der Waals surface area contributed by atoms with Crippen molar-refractivity contribution in [1.29, 1.82) is 0 Å². The Balaban J connectivity index is 2.31. The lowest BCUT2D eigenvalue weighted by atomic mass is 10.3. The van der Waals surface area contributed by atoms with Gasteiger partial charge >= 0.3 is 0 Å². The van der Waals surface area contributed by atoms with Crippen LogP contribution in [0.1, 0.15) is 0 Å². The zero-order chi connectivity index (χ0) is 18.1. The summed E-state index contributed by atoms with van der Waals surface area (Å²) >= 11 is 11.6. The lowest BCUT2D eigenvalue weighted by molar-refractivity contribution is 0.521. The van der Waals surface area contributed by atoms with Crippen LogP contribution in [0.5, 0.6) is 0 Å². The highest BCUT2D eigenvalue weighted by Crippen LogP contribution is 2.25. The first kappa shape index (κ1) is 19.0. The van der Waals surface area contributed by atoms with Crippen molar-refractivity contribution in [1.82, 2.24) is 4.31 Å². The van der Waals surface area contributed by atoms with Crippen LogP contribution >= 0.6 is 23.2 Å². The van der Waals surface area contributed by atoms with Crippen molar-refractivity contribution in [3.05, 3.63) is 52.5 Å². The highest BCUT2D eigenvalue weighted by atomic mass is 35.5. The molecule has 24 heavy (non-hydrogen) atoms. The molecule has 2 rings (SSSR count). The molecule has 0 bridgehead atoms. The van der Waals surface area contributed by atoms with E-state index in [1.165, 1.54) is 56.6 Å². The van der Waals surface area contributed by atoms with Gasteiger partial charge in [-0.15, -0.1) is 0 Å². The van der Waals surface area contributed by atoms with Crippen LogP contribution in [0.25, 0.3) is 0 Å². The zero-order valence-electron chi connectivity index (χ0n) is 12.7. The van der Waals surface area contributed by atoms with Crippen LogP contribution < -0.4 is 4.72 Å². The molecule has 10 heteroatoms. The fourth-order valence-corrected chi connectivity index (χ4v) is 4.49. The van der Waals surface area contributed by atoms with Crippen LogP contribution in [0.3, 0.4) is 0 Å². The lowest BCUT2D eigenvalue weighted by Gasteiger charge is -2.12. The summed E-state index contributed by atoms with van der Waals surface area (Å²) in [4.78, 5) is -0.0359. The summed E-state index contributed by atoms with van der Waals surface area (Å²) in [5.41, 5.74) is 0.212. The molecule has 2 aromatic carbocycles. The molecule has 2 aromatic rings. The van der Waals surface area contributed by atoms with Crippen molar-refractivity contribution in [2.45, 2.75) is 9.79 Å². The Bertz CT molecular complexity index is 937. The second-order valence-electron chi connectivity index (χ2n) is 5.02. The number of anilines is 1. The smallest absolute Gasteiger partial charge is 0.261 e. The van der Waals surface area contributed by atoms with E-state index in [1.54, 1.807) is 0 Å². The molecule has 0 aliphatic rings. The standard InChI is InChI=1S/C14H14Cl2N2O4S2/c1-18(2)24(21,22)13-5-3-12(4-6-13)17-23(19,20)14-8-10(15)7-11(16)9-14/h3-9,17H,1-2H3. The SMILES string of the molecule is CN(C)S(=O)(=O)c1ccc(NS(=O)(=O)c2cc(Cl)cc(Cl)c2)cc1. The van der Waals surface area contributed by atoms with Crippen molar-refractivity contribution in [2.75, 3.05) is 18.8 Å². The zero-order valence-corrected chi connectivity index (χ0v) is 15.8. The molecule has 0 spiro atoms. The van der Waals surface area contributed by atoms with E-state index in [0.29, 0.717) is 0 Å². The van der Waals surface area contributed by atoms with Crippen molar-refractivity contribution >= 4 is 48.9 Å². The van der Waals surface area contributed by atoms with E-state index in [9.17, 15) is 16.8 Å². The molecule has 0 saturated carbocycles. The number of nitrogens with zero attached hydrogens (tertiary/aromatic N) is 1. The Kier molecular flexibility index (Phi) is 5.46. The maximum absolute atomic E-state index is 12.3. The predicted octanol–water partition coefficient (Wildman–Crippen LogP) is 3.04.